The maximum Gasteiger partial charge on any atom is 0.227 e. The van der Waals surface area contributed by atoms with Crippen molar-refractivity contribution in [3.63, 3.8) is 0 Å². The lowest BCUT2D eigenvalue weighted by Crippen LogP contribution is -2.46. The van der Waals surface area contributed by atoms with E-state index in [1.54, 1.807) is 0 Å². The number of hydrogen-bond acceptors (Lipinski definition) is 2. The van der Waals surface area contributed by atoms with Crippen molar-refractivity contribution in [2.45, 2.75) is 58.0 Å². The minimum absolute atomic E-state index is 0.0674. The quantitative estimate of drug-likeness (QED) is 0.775. The summed E-state index contributed by atoms with van der Waals surface area (Å²) in [6.45, 7) is 4.20. The molecule has 1 aliphatic carbocycles. The van der Waals surface area contributed by atoms with Gasteiger partial charge in [0.1, 0.15) is 0 Å². The second kappa shape index (κ2) is 5.50. The Morgan fingerprint density at radius 1 is 1.47 bits per heavy atom. The van der Waals surface area contributed by atoms with Gasteiger partial charge in [-0.2, -0.15) is 0 Å². The predicted octanol–water partition coefficient (Wildman–Crippen LogP) is 1.76. The lowest BCUT2D eigenvalue weighted by molar-refractivity contribution is -0.137. The number of hydrogen-bond donors (Lipinski definition) is 1. The summed E-state index contributed by atoms with van der Waals surface area (Å²) in [5, 5.41) is 0. The van der Waals surface area contributed by atoms with Crippen molar-refractivity contribution >= 4 is 5.91 Å². The van der Waals surface area contributed by atoms with Crippen LogP contribution in [-0.2, 0) is 4.79 Å². The average Bonchev–Trinajstić information content (AvgIpc) is 2.26. The molecule has 3 atom stereocenters. The zero-order valence-electron chi connectivity index (χ0n) is 10.2. The van der Waals surface area contributed by atoms with Crippen molar-refractivity contribution in [2.24, 2.45) is 11.7 Å². The third-order valence-corrected chi connectivity index (χ3v) is 3.74. The van der Waals surface area contributed by atoms with Gasteiger partial charge in [-0.15, -0.1) is 0 Å². The number of rotatable bonds is 3. The molecule has 1 amide bonds. The summed E-state index contributed by atoms with van der Waals surface area (Å²) < 4.78 is 0. The van der Waals surface area contributed by atoms with E-state index in [0.717, 1.165) is 25.7 Å². The standard InChI is InChI=1S/C12H24N2O/c1-4-9(2)14(3)12(15)10-7-5-6-8-11(10)13/h9-11H,4-8,13H2,1-3H3. The van der Waals surface area contributed by atoms with Crippen LogP contribution in [0.2, 0.25) is 0 Å². The van der Waals surface area contributed by atoms with Gasteiger partial charge in [0.15, 0.2) is 0 Å². The van der Waals surface area contributed by atoms with E-state index in [1.807, 2.05) is 11.9 Å². The minimum Gasteiger partial charge on any atom is -0.343 e. The molecule has 3 heteroatoms. The molecular formula is C12H24N2O. The van der Waals surface area contributed by atoms with Crippen LogP contribution in [0.25, 0.3) is 0 Å². The first-order valence-corrected chi connectivity index (χ1v) is 6.10. The molecule has 1 saturated carbocycles. The van der Waals surface area contributed by atoms with Crippen molar-refractivity contribution in [2.75, 3.05) is 7.05 Å². The molecule has 1 fully saturated rings. The van der Waals surface area contributed by atoms with E-state index in [1.165, 1.54) is 6.42 Å². The fourth-order valence-electron chi connectivity index (χ4n) is 2.22. The molecule has 3 nitrogen and oxygen atoms in total. The Kier molecular flexibility index (Phi) is 4.58. The van der Waals surface area contributed by atoms with Gasteiger partial charge in [-0.05, 0) is 26.2 Å². The van der Waals surface area contributed by atoms with Crippen LogP contribution < -0.4 is 5.73 Å². The first kappa shape index (κ1) is 12.5. The second-order valence-electron chi connectivity index (χ2n) is 4.76. The Hall–Kier alpha value is -0.570. The van der Waals surface area contributed by atoms with Crippen molar-refractivity contribution in [1.29, 1.82) is 0 Å². The van der Waals surface area contributed by atoms with Crippen molar-refractivity contribution in [3.8, 4) is 0 Å². The van der Waals surface area contributed by atoms with Crippen LogP contribution >= 0.6 is 0 Å². The van der Waals surface area contributed by atoms with Crippen LogP contribution in [0.3, 0.4) is 0 Å². The van der Waals surface area contributed by atoms with Crippen LogP contribution in [0.1, 0.15) is 46.0 Å². The zero-order chi connectivity index (χ0) is 11.4. The monoisotopic (exact) mass is 212 g/mol. The largest absolute Gasteiger partial charge is 0.343 e. The summed E-state index contributed by atoms with van der Waals surface area (Å²) in [7, 11) is 1.90. The van der Waals surface area contributed by atoms with Crippen LogP contribution in [0, 0.1) is 5.92 Å². The van der Waals surface area contributed by atoms with Gasteiger partial charge in [0.25, 0.3) is 0 Å². The SMILES string of the molecule is CCC(C)N(C)C(=O)C1CCCCC1N. The Labute approximate surface area is 93.0 Å². The highest BCUT2D eigenvalue weighted by atomic mass is 16.2. The maximum absolute atomic E-state index is 12.2. The Morgan fingerprint density at radius 2 is 2.07 bits per heavy atom. The number of nitrogens with zero attached hydrogens (tertiary/aromatic N) is 1. The topological polar surface area (TPSA) is 46.3 Å². The molecule has 1 rings (SSSR count). The Balaban J connectivity index is 2.57. The molecule has 0 aromatic heterocycles. The van der Waals surface area contributed by atoms with Gasteiger partial charge in [0.2, 0.25) is 5.91 Å². The molecule has 0 saturated heterocycles. The molecule has 0 heterocycles. The fourth-order valence-corrected chi connectivity index (χ4v) is 2.22. The lowest BCUT2D eigenvalue weighted by atomic mass is 9.84. The molecule has 0 spiro atoms. The lowest BCUT2D eigenvalue weighted by Gasteiger charge is -2.33. The predicted molar refractivity (Wildman–Crippen MR) is 62.5 cm³/mol. The number of carbonyl (C=O) groups is 1. The third kappa shape index (κ3) is 2.94. The highest BCUT2D eigenvalue weighted by molar-refractivity contribution is 5.79. The van der Waals surface area contributed by atoms with E-state index in [-0.39, 0.29) is 17.9 Å². The second-order valence-corrected chi connectivity index (χ2v) is 4.76. The van der Waals surface area contributed by atoms with Crippen LogP contribution in [0.5, 0.6) is 0 Å². The van der Waals surface area contributed by atoms with E-state index in [4.69, 9.17) is 5.73 Å². The fraction of sp³-hybridized carbons (Fsp3) is 0.917. The van der Waals surface area contributed by atoms with E-state index in [2.05, 4.69) is 13.8 Å². The minimum atomic E-state index is 0.0674. The molecule has 3 unspecified atom stereocenters. The van der Waals surface area contributed by atoms with Gasteiger partial charge >= 0.3 is 0 Å². The summed E-state index contributed by atoms with van der Waals surface area (Å²) in [6, 6.07) is 0.407. The molecule has 0 aromatic rings. The molecule has 0 bridgehead atoms. The van der Waals surface area contributed by atoms with Gasteiger partial charge in [0.05, 0.1) is 5.92 Å². The van der Waals surface area contributed by atoms with Gasteiger partial charge in [-0.3, -0.25) is 4.79 Å². The van der Waals surface area contributed by atoms with Crippen LogP contribution in [-0.4, -0.2) is 29.9 Å². The Bertz CT molecular complexity index is 218. The average molecular weight is 212 g/mol. The highest BCUT2D eigenvalue weighted by Gasteiger charge is 2.31. The van der Waals surface area contributed by atoms with E-state index in [0.29, 0.717) is 6.04 Å². The summed E-state index contributed by atoms with van der Waals surface area (Å²) in [5.74, 6) is 0.314. The van der Waals surface area contributed by atoms with E-state index in [9.17, 15) is 4.79 Å². The maximum atomic E-state index is 12.2. The van der Waals surface area contributed by atoms with Gasteiger partial charge in [-0.25, -0.2) is 0 Å². The van der Waals surface area contributed by atoms with E-state index < -0.39 is 0 Å². The first-order chi connectivity index (χ1) is 7.07. The van der Waals surface area contributed by atoms with Crippen molar-refractivity contribution in [1.82, 2.24) is 4.90 Å². The van der Waals surface area contributed by atoms with Crippen molar-refractivity contribution in [3.05, 3.63) is 0 Å². The summed E-state index contributed by atoms with van der Waals surface area (Å²) in [5.41, 5.74) is 6.01. The van der Waals surface area contributed by atoms with Crippen LogP contribution in [0.15, 0.2) is 0 Å². The normalized spacial score (nSPS) is 28.5. The molecule has 0 aromatic carbocycles. The zero-order valence-corrected chi connectivity index (χ0v) is 10.2. The summed E-state index contributed by atoms with van der Waals surface area (Å²) in [4.78, 5) is 14.0. The van der Waals surface area contributed by atoms with Gasteiger partial charge < -0.3 is 10.6 Å². The molecule has 0 radical (unpaired) electrons. The summed E-state index contributed by atoms with van der Waals surface area (Å²) >= 11 is 0. The molecule has 1 aliphatic rings. The number of amides is 1. The van der Waals surface area contributed by atoms with Gasteiger partial charge in [0, 0.05) is 19.1 Å². The van der Waals surface area contributed by atoms with Crippen LogP contribution in [0.4, 0.5) is 0 Å². The van der Waals surface area contributed by atoms with Gasteiger partial charge in [-0.1, -0.05) is 19.8 Å². The molecule has 88 valence electrons. The highest BCUT2D eigenvalue weighted by Crippen LogP contribution is 2.25. The number of nitrogens with two attached hydrogens (primary N) is 1. The number of carbonyl (C=O) groups excluding carboxylic acids is 1. The molecule has 2 N–H and O–H groups in total. The molecule has 0 aliphatic heterocycles. The third-order valence-electron chi connectivity index (χ3n) is 3.74. The molecular weight excluding hydrogens is 188 g/mol. The summed E-state index contributed by atoms with van der Waals surface area (Å²) in [6.07, 6.45) is 5.31. The molecule has 15 heavy (non-hydrogen) atoms. The van der Waals surface area contributed by atoms with E-state index >= 15 is 0 Å². The van der Waals surface area contributed by atoms with Crippen molar-refractivity contribution < 1.29 is 4.79 Å². The Morgan fingerprint density at radius 3 is 2.60 bits per heavy atom. The first-order valence-electron chi connectivity index (χ1n) is 6.10. The smallest absolute Gasteiger partial charge is 0.227 e.